The standard InChI is InChI=1S/C22H28F2N2O4S/c1-31(27,28)20-5-2-4-19(17-20)29-14-3-8-25-9-11-26(12-10-25)13-15-30-22-7-6-18(23)16-21(22)24/h2,4-7,16-17H,3,8-15H2,1H3. The number of hydrogen-bond donors (Lipinski definition) is 0. The number of ether oxygens (including phenoxy) is 2. The van der Waals surface area contributed by atoms with E-state index in [1.54, 1.807) is 24.3 Å². The molecule has 2 aromatic carbocycles. The first-order valence-corrected chi connectivity index (χ1v) is 12.2. The third kappa shape index (κ3) is 7.45. The van der Waals surface area contributed by atoms with Crippen LogP contribution in [0.1, 0.15) is 6.42 Å². The maximum absolute atomic E-state index is 13.6. The molecule has 0 aromatic heterocycles. The number of sulfone groups is 1. The number of hydrogen-bond acceptors (Lipinski definition) is 6. The Morgan fingerprint density at radius 3 is 2.29 bits per heavy atom. The second-order valence-electron chi connectivity index (χ2n) is 7.56. The monoisotopic (exact) mass is 454 g/mol. The van der Waals surface area contributed by atoms with Crippen LogP contribution in [0.25, 0.3) is 0 Å². The van der Waals surface area contributed by atoms with Crippen molar-refractivity contribution in [1.29, 1.82) is 0 Å². The number of piperazine rings is 1. The minimum Gasteiger partial charge on any atom is -0.494 e. The first-order chi connectivity index (χ1) is 14.8. The lowest BCUT2D eigenvalue weighted by Crippen LogP contribution is -2.47. The Morgan fingerprint density at radius 1 is 0.903 bits per heavy atom. The molecule has 0 atom stereocenters. The minimum atomic E-state index is -3.24. The molecule has 2 aromatic rings. The maximum atomic E-state index is 13.6. The normalized spacial score (nSPS) is 15.7. The summed E-state index contributed by atoms with van der Waals surface area (Å²) in [7, 11) is -3.24. The number of benzene rings is 2. The van der Waals surface area contributed by atoms with Crippen LogP contribution in [0.2, 0.25) is 0 Å². The highest BCUT2D eigenvalue weighted by atomic mass is 32.2. The largest absolute Gasteiger partial charge is 0.494 e. The lowest BCUT2D eigenvalue weighted by Gasteiger charge is -2.34. The lowest BCUT2D eigenvalue weighted by atomic mass is 10.3. The molecule has 1 fully saturated rings. The highest BCUT2D eigenvalue weighted by molar-refractivity contribution is 7.90. The smallest absolute Gasteiger partial charge is 0.175 e. The molecule has 0 aliphatic carbocycles. The molecule has 9 heteroatoms. The summed E-state index contributed by atoms with van der Waals surface area (Å²) in [5.41, 5.74) is 0. The maximum Gasteiger partial charge on any atom is 0.175 e. The predicted molar refractivity (Wildman–Crippen MR) is 114 cm³/mol. The van der Waals surface area contributed by atoms with Crippen LogP contribution in [-0.4, -0.2) is 77.0 Å². The number of rotatable bonds is 10. The number of nitrogens with zero attached hydrogens (tertiary/aromatic N) is 2. The van der Waals surface area contributed by atoms with Crippen molar-refractivity contribution in [2.45, 2.75) is 11.3 Å². The van der Waals surface area contributed by atoms with E-state index < -0.39 is 21.5 Å². The van der Waals surface area contributed by atoms with Gasteiger partial charge < -0.3 is 14.4 Å². The Bertz CT molecular complexity index is 964. The van der Waals surface area contributed by atoms with Gasteiger partial charge in [0, 0.05) is 51.6 Å². The first kappa shape index (κ1) is 23.4. The molecule has 0 radical (unpaired) electrons. The molecule has 0 bridgehead atoms. The molecule has 1 aliphatic heterocycles. The lowest BCUT2D eigenvalue weighted by molar-refractivity contribution is 0.111. The second-order valence-corrected chi connectivity index (χ2v) is 9.57. The molecule has 0 spiro atoms. The highest BCUT2D eigenvalue weighted by Crippen LogP contribution is 2.18. The zero-order chi connectivity index (χ0) is 22.3. The fourth-order valence-corrected chi connectivity index (χ4v) is 4.04. The van der Waals surface area contributed by atoms with E-state index in [0.29, 0.717) is 25.5 Å². The van der Waals surface area contributed by atoms with Crippen LogP contribution in [0, 0.1) is 11.6 Å². The van der Waals surface area contributed by atoms with Crippen LogP contribution in [0.15, 0.2) is 47.4 Å². The molecule has 170 valence electrons. The van der Waals surface area contributed by atoms with Gasteiger partial charge >= 0.3 is 0 Å². The van der Waals surface area contributed by atoms with Crippen molar-refractivity contribution in [3.8, 4) is 11.5 Å². The molecule has 6 nitrogen and oxygen atoms in total. The fourth-order valence-electron chi connectivity index (χ4n) is 3.39. The summed E-state index contributed by atoms with van der Waals surface area (Å²) >= 11 is 0. The van der Waals surface area contributed by atoms with Crippen molar-refractivity contribution in [2.24, 2.45) is 0 Å². The molecule has 3 rings (SSSR count). The fraction of sp³-hybridized carbons (Fsp3) is 0.455. The predicted octanol–water partition coefficient (Wildman–Crippen LogP) is 2.83. The highest BCUT2D eigenvalue weighted by Gasteiger charge is 2.16. The van der Waals surface area contributed by atoms with E-state index in [2.05, 4.69) is 9.80 Å². The van der Waals surface area contributed by atoms with Gasteiger partial charge in [0.15, 0.2) is 21.4 Å². The van der Waals surface area contributed by atoms with E-state index in [-0.39, 0.29) is 10.6 Å². The SMILES string of the molecule is CS(=O)(=O)c1cccc(OCCCN2CCN(CCOc3ccc(F)cc3F)CC2)c1. The zero-order valence-corrected chi connectivity index (χ0v) is 18.4. The van der Waals surface area contributed by atoms with Gasteiger partial charge in [-0.2, -0.15) is 0 Å². The first-order valence-electron chi connectivity index (χ1n) is 10.3. The Balaban J connectivity index is 1.30. The number of halogens is 2. The van der Waals surface area contributed by atoms with Crippen LogP contribution in [0.5, 0.6) is 11.5 Å². The third-order valence-corrected chi connectivity index (χ3v) is 6.26. The van der Waals surface area contributed by atoms with Gasteiger partial charge in [0.1, 0.15) is 18.2 Å². The van der Waals surface area contributed by atoms with Crippen LogP contribution in [-0.2, 0) is 9.84 Å². The Labute approximate surface area is 182 Å². The molecular formula is C22H28F2N2O4S. The average Bonchev–Trinajstić information content (AvgIpc) is 2.73. The topological polar surface area (TPSA) is 59.1 Å². The van der Waals surface area contributed by atoms with Gasteiger partial charge in [-0.25, -0.2) is 17.2 Å². The summed E-state index contributed by atoms with van der Waals surface area (Å²) in [5, 5.41) is 0. The van der Waals surface area contributed by atoms with Gasteiger partial charge in [-0.1, -0.05) is 6.07 Å². The summed E-state index contributed by atoms with van der Waals surface area (Å²) < 4.78 is 60.8. The van der Waals surface area contributed by atoms with Crippen molar-refractivity contribution in [3.05, 3.63) is 54.1 Å². The second kappa shape index (κ2) is 10.9. The van der Waals surface area contributed by atoms with Crippen molar-refractivity contribution in [1.82, 2.24) is 9.80 Å². The molecule has 0 saturated carbocycles. The van der Waals surface area contributed by atoms with Crippen LogP contribution >= 0.6 is 0 Å². The summed E-state index contributed by atoms with van der Waals surface area (Å²) in [6, 6.07) is 9.86. The summed E-state index contributed by atoms with van der Waals surface area (Å²) in [5.74, 6) is -0.670. The molecule has 31 heavy (non-hydrogen) atoms. The zero-order valence-electron chi connectivity index (χ0n) is 17.6. The van der Waals surface area contributed by atoms with Gasteiger partial charge in [-0.3, -0.25) is 4.90 Å². The quantitative estimate of drug-likeness (QED) is 0.515. The Hall–Kier alpha value is -2.23. The summed E-state index contributed by atoms with van der Waals surface area (Å²) in [6.07, 6.45) is 2.02. The van der Waals surface area contributed by atoms with Crippen LogP contribution in [0.3, 0.4) is 0 Å². The van der Waals surface area contributed by atoms with Crippen LogP contribution in [0.4, 0.5) is 8.78 Å². The van der Waals surface area contributed by atoms with Gasteiger partial charge in [0.2, 0.25) is 0 Å². The van der Waals surface area contributed by atoms with E-state index in [1.807, 2.05) is 0 Å². The van der Waals surface area contributed by atoms with Gasteiger partial charge in [-0.05, 0) is 36.8 Å². The Kier molecular flexibility index (Phi) is 8.22. The molecule has 0 amide bonds. The summed E-state index contributed by atoms with van der Waals surface area (Å²) in [4.78, 5) is 4.87. The molecule has 1 aliphatic rings. The third-order valence-electron chi connectivity index (χ3n) is 5.14. The molecule has 0 N–H and O–H groups in total. The van der Waals surface area contributed by atoms with Gasteiger partial charge in [-0.15, -0.1) is 0 Å². The van der Waals surface area contributed by atoms with Gasteiger partial charge in [0.25, 0.3) is 0 Å². The Morgan fingerprint density at radius 2 is 1.61 bits per heavy atom. The molecular weight excluding hydrogens is 426 g/mol. The van der Waals surface area contributed by atoms with E-state index >= 15 is 0 Å². The summed E-state index contributed by atoms with van der Waals surface area (Å²) in [6.45, 7) is 6.09. The molecule has 1 heterocycles. The van der Waals surface area contributed by atoms with E-state index in [4.69, 9.17) is 9.47 Å². The van der Waals surface area contributed by atoms with Crippen molar-refractivity contribution >= 4 is 9.84 Å². The van der Waals surface area contributed by atoms with E-state index in [1.165, 1.54) is 18.4 Å². The molecule has 0 unspecified atom stereocenters. The molecule has 1 saturated heterocycles. The van der Waals surface area contributed by atoms with Crippen LogP contribution < -0.4 is 9.47 Å². The van der Waals surface area contributed by atoms with Crippen molar-refractivity contribution < 1.29 is 26.7 Å². The van der Waals surface area contributed by atoms with Gasteiger partial charge in [0.05, 0.1) is 11.5 Å². The van der Waals surface area contributed by atoms with Crippen molar-refractivity contribution in [2.75, 3.05) is 58.7 Å². The minimum absolute atomic E-state index is 0.0714. The van der Waals surface area contributed by atoms with E-state index in [0.717, 1.165) is 45.2 Å². The van der Waals surface area contributed by atoms with E-state index in [9.17, 15) is 17.2 Å². The van der Waals surface area contributed by atoms with Crippen molar-refractivity contribution in [3.63, 3.8) is 0 Å². The average molecular weight is 455 g/mol.